The number of hydrogen-bond donors (Lipinski definition) is 0. The SMILES string of the molecule is O=C(Oc1ccc(F)cc1)C1C2CCCC21. The molecule has 2 fully saturated rings. The molecule has 0 spiro atoms. The van der Waals surface area contributed by atoms with Gasteiger partial charge in [-0.3, -0.25) is 4.79 Å². The Balaban J connectivity index is 1.63. The molecule has 2 atom stereocenters. The number of rotatable bonds is 2. The molecule has 3 rings (SSSR count). The van der Waals surface area contributed by atoms with E-state index in [9.17, 15) is 9.18 Å². The maximum absolute atomic E-state index is 12.6. The van der Waals surface area contributed by atoms with E-state index in [1.54, 1.807) is 0 Å². The smallest absolute Gasteiger partial charge is 0.314 e. The zero-order valence-electron chi connectivity index (χ0n) is 8.86. The van der Waals surface area contributed by atoms with Gasteiger partial charge in [-0.2, -0.15) is 0 Å². The molecule has 0 amide bonds. The highest BCUT2D eigenvalue weighted by molar-refractivity contribution is 5.79. The van der Waals surface area contributed by atoms with Crippen LogP contribution in [0.25, 0.3) is 0 Å². The highest BCUT2D eigenvalue weighted by Gasteiger charge is 2.57. The van der Waals surface area contributed by atoms with Gasteiger partial charge in [-0.25, -0.2) is 4.39 Å². The fourth-order valence-corrected chi connectivity index (χ4v) is 2.86. The van der Waals surface area contributed by atoms with Crippen molar-refractivity contribution in [2.75, 3.05) is 0 Å². The Morgan fingerprint density at radius 1 is 1.19 bits per heavy atom. The third-order valence-electron chi connectivity index (χ3n) is 3.71. The first-order chi connectivity index (χ1) is 7.75. The zero-order valence-corrected chi connectivity index (χ0v) is 8.86. The van der Waals surface area contributed by atoms with Crippen LogP contribution in [-0.2, 0) is 4.79 Å². The number of carbonyl (C=O) groups excluding carboxylic acids is 1. The van der Waals surface area contributed by atoms with E-state index in [1.807, 2.05) is 0 Å². The Morgan fingerprint density at radius 3 is 2.44 bits per heavy atom. The van der Waals surface area contributed by atoms with Gasteiger partial charge in [-0.05, 0) is 48.9 Å². The molecule has 0 radical (unpaired) electrons. The topological polar surface area (TPSA) is 26.3 Å². The first kappa shape index (κ1) is 9.82. The van der Waals surface area contributed by atoms with Crippen molar-refractivity contribution >= 4 is 5.97 Å². The highest BCUT2D eigenvalue weighted by atomic mass is 19.1. The van der Waals surface area contributed by atoms with Gasteiger partial charge >= 0.3 is 5.97 Å². The van der Waals surface area contributed by atoms with Crippen molar-refractivity contribution in [3.63, 3.8) is 0 Å². The van der Waals surface area contributed by atoms with E-state index in [-0.39, 0.29) is 17.7 Å². The monoisotopic (exact) mass is 220 g/mol. The lowest BCUT2D eigenvalue weighted by Gasteiger charge is -2.05. The second kappa shape index (κ2) is 3.58. The van der Waals surface area contributed by atoms with Crippen LogP contribution in [0, 0.1) is 23.6 Å². The number of halogens is 1. The number of benzene rings is 1. The van der Waals surface area contributed by atoms with Crippen molar-refractivity contribution in [1.29, 1.82) is 0 Å². The molecule has 0 bridgehead atoms. The maximum atomic E-state index is 12.6. The molecule has 0 N–H and O–H groups in total. The van der Waals surface area contributed by atoms with Crippen LogP contribution in [0.2, 0.25) is 0 Å². The van der Waals surface area contributed by atoms with Gasteiger partial charge in [0.1, 0.15) is 11.6 Å². The van der Waals surface area contributed by atoms with Crippen LogP contribution in [-0.4, -0.2) is 5.97 Å². The predicted octanol–water partition coefficient (Wildman–Crippen LogP) is 2.78. The van der Waals surface area contributed by atoms with Crippen molar-refractivity contribution in [3.8, 4) is 5.75 Å². The second-order valence-corrected chi connectivity index (χ2v) is 4.66. The van der Waals surface area contributed by atoms with E-state index >= 15 is 0 Å². The summed E-state index contributed by atoms with van der Waals surface area (Å²) in [6.45, 7) is 0. The van der Waals surface area contributed by atoms with Crippen molar-refractivity contribution in [2.45, 2.75) is 19.3 Å². The minimum atomic E-state index is -0.317. The van der Waals surface area contributed by atoms with Crippen LogP contribution in [0.4, 0.5) is 4.39 Å². The number of fused-ring (bicyclic) bond motifs is 1. The fourth-order valence-electron chi connectivity index (χ4n) is 2.86. The quantitative estimate of drug-likeness (QED) is 0.566. The Morgan fingerprint density at radius 2 is 1.81 bits per heavy atom. The van der Waals surface area contributed by atoms with Gasteiger partial charge in [-0.15, -0.1) is 0 Å². The van der Waals surface area contributed by atoms with Crippen molar-refractivity contribution < 1.29 is 13.9 Å². The molecule has 1 aromatic rings. The van der Waals surface area contributed by atoms with Gasteiger partial charge in [0.25, 0.3) is 0 Å². The van der Waals surface area contributed by atoms with E-state index < -0.39 is 0 Å². The molecule has 1 aromatic carbocycles. The van der Waals surface area contributed by atoms with Crippen molar-refractivity contribution in [2.24, 2.45) is 17.8 Å². The summed E-state index contributed by atoms with van der Waals surface area (Å²) in [5.41, 5.74) is 0. The molecule has 2 aliphatic carbocycles. The summed E-state index contributed by atoms with van der Waals surface area (Å²) in [6.07, 6.45) is 3.57. The summed E-state index contributed by atoms with van der Waals surface area (Å²) in [5, 5.41) is 0. The second-order valence-electron chi connectivity index (χ2n) is 4.66. The van der Waals surface area contributed by atoms with Gasteiger partial charge in [-0.1, -0.05) is 6.42 Å². The van der Waals surface area contributed by atoms with Crippen molar-refractivity contribution in [3.05, 3.63) is 30.1 Å². The first-order valence-corrected chi connectivity index (χ1v) is 5.73. The lowest BCUT2D eigenvalue weighted by molar-refractivity contribution is -0.136. The molecule has 2 aliphatic rings. The van der Waals surface area contributed by atoms with E-state index in [1.165, 1.54) is 30.7 Å². The molecule has 3 heteroatoms. The zero-order chi connectivity index (χ0) is 11.1. The largest absolute Gasteiger partial charge is 0.426 e. The van der Waals surface area contributed by atoms with Crippen molar-refractivity contribution in [1.82, 2.24) is 0 Å². The molecule has 0 aromatic heterocycles. The van der Waals surface area contributed by atoms with Gasteiger partial charge in [0, 0.05) is 0 Å². The first-order valence-electron chi connectivity index (χ1n) is 5.73. The Bertz CT molecular complexity index is 402. The van der Waals surface area contributed by atoms with Crippen LogP contribution < -0.4 is 4.74 Å². The van der Waals surface area contributed by atoms with Gasteiger partial charge in [0.15, 0.2) is 0 Å². The summed E-state index contributed by atoms with van der Waals surface area (Å²) >= 11 is 0. The van der Waals surface area contributed by atoms with E-state index in [0.29, 0.717) is 17.6 Å². The number of esters is 1. The van der Waals surface area contributed by atoms with Crippen LogP contribution in [0.5, 0.6) is 5.75 Å². The van der Waals surface area contributed by atoms with Crippen LogP contribution >= 0.6 is 0 Å². The number of carbonyl (C=O) groups is 1. The third-order valence-corrected chi connectivity index (χ3v) is 3.71. The van der Waals surface area contributed by atoms with Gasteiger partial charge in [0.2, 0.25) is 0 Å². The van der Waals surface area contributed by atoms with Gasteiger partial charge < -0.3 is 4.74 Å². The molecular formula is C13H13FO2. The Labute approximate surface area is 93.4 Å². The van der Waals surface area contributed by atoms with Crippen LogP contribution in [0.1, 0.15) is 19.3 Å². The average molecular weight is 220 g/mol. The lowest BCUT2D eigenvalue weighted by Crippen LogP contribution is -2.13. The summed E-state index contributed by atoms with van der Waals surface area (Å²) in [7, 11) is 0. The fraction of sp³-hybridized carbons (Fsp3) is 0.462. The highest BCUT2D eigenvalue weighted by Crippen LogP contribution is 2.57. The Kier molecular flexibility index (Phi) is 2.20. The lowest BCUT2D eigenvalue weighted by atomic mass is 10.1. The molecule has 0 heterocycles. The number of hydrogen-bond acceptors (Lipinski definition) is 2. The predicted molar refractivity (Wildman–Crippen MR) is 56.4 cm³/mol. The normalized spacial score (nSPS) is 30.9. The summed E-state index contributed by atoms with van der Waals surface area (Å²) in [5.74, 6) is 1.22. The van der Waals surface area contributed by atoms with Crippen LogP contribution in [0.15, 0.2) is 24.3 Å². The Hall–Kier alpha value is -1.38. The minimum Gasteiger partial charge on any atom is -0.426 e. The third kappa shape index (κ3) is 1.60. The number of ether oxygens (including phenoxy) is 1. The molecular weight excluding hydrogens is 207 g/mol. The van der Waals surface area contributed by atoms with E-state index in [4.69, 9.17) is 4.74 Å². The summed E-state index contributed by atoms with van der Waals surface area (Å²) < 4.78 is 17.9. The summed E-state index contributed by atoms with van der Waals surface area (Å²) in [4.78, 5) is 11.8. The molecule has 0 saturated heterocycles. The molecule has 2 saturated carbocycles. The molecule has 16 heavy (non-hydrogen) atoms. The maximum Gasteiger partial charge on any atom is 0.314 e. The average Bonchev–Trinajstić information content (AvgIpc) is 2.76. The van der Waals surface area contributed by atoms with Gasteiger partial charge in [0.05, 0.1) is 5.92 Å². The molecule has 2 unspecified atom stereocenters. The standard InChI is InChI=1S/C13H13FO2/c14-8-4-6-9(7-5-8)16-13(15)12-10-2-1-3-11(10)12/h4-7,10-12H,1-3H2. The van der Waals surface area contributed by atoms with E-state index in [2.05, 4.69) is 0 Å². The van der Waals surface area contributed by atoms with Crippen LogP contribution in [0.3, 0.4) is 0 Å². The molecule has 84 valence electrons. The minimum absolute atomic E-state index is 0.110. The molecule has 0 aliphatic heterocycles. The van der Waals surface area contributed by atoms with E-state index in [0.717, 1.165) is 12.8 Å². The molecule has 2 nitrogen and oxygen atoms in total. The summed E-state index contributed by atoms with van der Waals surface area (Å²) in [6, 6.07) is 5.59.